The van der Waals surface area contributed by atoms with E-state index in [-0.39, 0.29) is 0 Å². The number of hydrogen-bond acceptors (Lipinski definition) is 1. The summed E-state index contributed by atoms with van der Waals surface area (Å²) in [5.74, 6) is 0. The van der Waals surface area contributed by atoms with Gasteiger partial charge in [0.1, 0.15) is 0 Å². The summed E-state index contributed by atoms with van der Waals surface area (Å²) in [6, 6.07) is 10.3. The molecule has 0 atom stereocenters. The number of thioether (sulfide) groups is 1. The highest BCUT2D eigenvalue weighted by molar-refractivity contribution is 7.99. The van der Waals surface area contributed by atoms with Crippen LogP contribution >= 0.6 is 11.8 Å². The Morgan fingerprint density at radius 1 is 0.955 bits per heavy atom. The number of aryl methyl sites for hydroxylation is 1. The average Bonchev–Trinajstić information content (AvgIpc) is 2.51. The van der Waals surface area contributed by atoms with Crippen LogP contribution in [0.2, 0.25) is 0 Å². The van der Waals surface area contributed by atoms with Crippen LogP contribution in [0.4, 0.5) is 0 Å². The number of benzene rings is 1. The molecule has 0 bridgehead atoms. The maximum Gasteiger partial charge on any atom is 0.00723 e. The molecule has 1 rings (SSSR count). The average molecular weight is 321 g/mol. The minimum atomic E-state index is 0.458. The minimum absolute atomic E-state index is 0.458. The summed E-state index contributed by atoms with van der Waals surface area (Å²) in [6.45, 7) is 18.2. The minimum Gasteiger partial charge on any atom is -0.159 e. The fraction of sp³-hybridized carbons (Fsp3) is 0.429. The standard InChI is InChI=1S/C7H8.C7H10.C5H12S.C2H6/c1-7-5-3-2-4-6-7;1-3-5-7-6-4-2;1-5(2,3)6-4;1-2/h2-6H,1H3;3-7H,1H2,2H3;1-4H3;1-2H3/b;6-4-,7-5-;;. The summed E-state index contributed by atoms with van der Waals surface area (Å²) >= 11 is 1.88. The number of allylic oxidation sites excluding steroid dienone is 5. The SMILES string of the molecule is C=C/C=C\C=C/C.CC.CSC(C)(C)C.Cc1ccccc1. The smallest absolute Gasteiger partial charge is 0.00723 e. The highest BCUT2D eigenvalue weighted by Gasteiger charge is 2.04. The van der Waals surface area contributed by atoms with E-state index < -0.39 is 0 Å². The lowest BCUT2D eigenvalue weighted by molar-refractivity contribution is 0.806. The molecular formula is C21H36S. The summed E-state index contributed by atoms with van der Waals surface area (Å²) in [6.07, 6.45) is 11.6. The normalized spacial score (nSPS) is 9.82. The molecule has 0 aliphatic carbocycles. The van der Waals surface area contributed by atoms with Crippen molar-refractivity contribution in [2.75, 3.05) is 6.26 Å². The maximum atomic E-state index is 3.51. The third-order valence-corrected chi connectivity index (χ3v) is 3.33. The largest absolute Gasteiger partial charge is 0.159 e. The lowest BCUT2D eigenvalue weighted by Crippen LogP contribution is -2.04. The summed E-state index contributed by atoms with van der Waals surface area (Å²) in [5, 5.41) is 0. The van der Waals surface area contributed by atoms with Crippen LogP contribution in [0.25, 0.3) is 0 Å². The third-order valence-electron chi connectivity index (χ3n) is 2.10. The zero-order valence-electron chi connectivity index (χ0n) is 15.9. The first kappa shape index (κ1) is 25.7. The predicted octanol–water partition coefficient (Wildman–Crippen LogP) is 7.47. The Morgan fingerprint density at radius 2 is 1.41 bits per heavy atom. The Bertz CT molecular complexity index is 367. The summed E-state index contributed by atoms with van der Waals surface area (Å²) < 4.78 is 0.458. The first-order chi connectivity index (χ1) is 10.4. The van der Waals surface area contributed by atoms with Gasteiger partial charge in [0, 0.05) is 4.75 Å². The molecule has 1 aromatic carbocycles. The second kappa shape index (κ2) is 19.8. The molecular weight excluding hydrogens is 284 g/mol. The molecule has 1 aromatic rings. The molecule has 0 unspecified atom stereocenters. The molecule has 0 spiro atoms. The summed E-state index contributed by atoms with van der Waals surface area (Å²) in [5.41, 5.74) is 1.32. The van der Waals surface area contributed by atoms with Crippen LogP contribution in [-0.2, 0) is 0 Å². The molecule has 0 aliphatic heterocycles. The molecule has 0 nitrogen and oxygen atoms in total. The Balaban J connectivity index is -0.000000234. The second-order valence-electron chi connectivity index (χ2n) is 5.12. The fourth-order valence-corrected chi connectivity index (χ4v) is 0.788. The van der Waals surface area contributed by atoms with Gasteiger partial charge in [-0.25, -0.2) is 0 Å². The van der Waals surface area contributed by atoms with E-state index in [2.05, 4.69) is 52.7 Å². The van der Waals surface area contributed by atoms with Crippen LogP contribution < -0.4 is 0 Å². The second-order valence-corrected chi connectivity index (χ2v) is 6.75. The highest BCUT2D eigenvalue weighted by Crippen LogP contribution is 2.18. The van der Waals surface area contributed by atoms with Crippen molar-refractivity contribution in [3.8, 4) is 0 Å². The Kier molecular flexibility index (Phi) is 23.1. The topological polar surface area (TPSA) is 0 Å². The van der Waals surface area contributed by atoms with Gasteiger partial charge in [0.2, 0.25) is 0 Å². The van der Waals surface area contributed by atoms with E-state index in [9.17, 15) is 0 Å². The molecule has 0 aromatic heterocycles. The number of rotatable bonds is 2. The van der Waals surface area contributed by atoms with Crippen molar-refractivity contribution in [2.24, 2.45) is 0 Å². The fourth-order valence-electron chi connectivity index (χ4n) is 0.788. The molecule has 0 amide bonds. The van der Waals surface area contributed by atoms with Gasteiger partial charge in [-0.05, 0) is 20.1 Å². The highest BCUT2D eigenvalue weighted by atomic mass is 32.2. The van der Waals surface area contributed by atoms with Crippen molar-refractivity contribution in [1.82, 2.24) is 0 Å². The van der Waals surface area contributed by atoms with Crippen LogP contribution in [0.1, 0.15) is 47.1 Å². The molecule has 0 saturated carbocycles. The quantitative estimate of drug-likeness (QED) is 0.509. The Labute approximate surface area is 144 Å². The molecule has 1 heteroatoms. The molecule has 0 saturated heterocycles. The van der Waals surface area contributed by atoms with Gasteiger partial charge in [0.25, 0.3) is 0 Å². The Morgan fingerprint density at radius 3 is 1.64 bits per heavy atom. The third kappa shape index (κ3) is 31.3. The van der Waals surface area contributed by atoms with Gasteiger partial charge in [0.15, 0.2) is 0 Å². The van der Waals surface area contributed by atoms with Gasteiger partial charge in [-0.3, -0.25) is 0 Å². The summed E-state index contributed by atoms with van der Waals surface area (Å²) in [7, 11) is 0. The lowest BCUT2D eigenvalue weighted by atomic mass is 10.2. The van der Waals surface area contributed by atoms with Crippen molar-refractivity contribution >= 4 is 11.8 Å². The van der Waals surface area contributed by atoms with E-state index in [1.807, 2.05) is 75.0 Å². The van der Waals surface area contributed by atoms with Gasteiger partial charge >= 0.3 is 0 Å². The number of hydrogen-bond donors (Lipinski definition) is 0. The van der Waals surface area contributed by atoms with Gasteiger partial charge in [-0.15, -0.1) is 0 Å². The van der Waals surface area contributed by atoms with Crippen molar-refractivity contribution in [1.29, 1.82) is 0 Å². The van der Waals surface area contributed by atoms with Crippen molar-refractivity contribution < 1.29 is 0 Å². The summed E-state index contributed by atoms with van der Waals surface area (Å²) in [4.78, 5) is 0. The van der Waals surface area contributed by atoms with Crippen LogP contribution in [0, 0.1) is 6.92 Å². The molecule has 0 heterocycles. The van der Waals surface area contributed by atoms with Gasteiger partial charge in [-0.2, -0.15) is 11.8 Å². The lowest BCUT2D eigenvalue weighted by Gasteiger charge is -2.12. The maximum absolute atomic E-state index is 3.51. The van der Waals surface area contributed by atoms with Crippen molar-refractivity contribution in [3.05, 3.63) is 72.9 Å². The molecule has 0 fully saturated rings. The van der Waals surface area contributed by atoms with Gasteiger partial charge in [-0.1, -0.05) is 107 Å². The first-order valence-electron chi connectivity index (χ1n) is 7.84. The van der Waals surface area contributed by atoms with Crippen LogP contribution in [0.3, 0.4) is 0 Å². The van der Waals surface area contributed by atoms with Crippen LogP contribution in [0.15, 0.2) is 67.3 Å². The molecule has 22 heavy (non-hydrogen) atoms. The molecule has 0 N–H and O–H groups in total. The van der Waals surface area contributed by atoms with E-state index >= 15 is 0 Å². The van der Waals surface area contributed by atoms with Crippen LogP contribution in [-0.4, -0.2) is 11.0 Å². The van der Waals surface area contributed by atoms with E-state index in [0.29, 0.717) is 4.75 Å². The first-order valence-corrected chi connectivity index (χ1v) is 9.07. The van der Waals surface area contributed by atoms with Gasteiger partial charge in [0.05, 0.1) is 0 Å². The Hall–Kier alpha value is -1.21. The predicted molar refractivity (Wildman–Crippen MR) is 110 cm³/mol. The van der Waals surface area contributed by atoms with Crippen LogP contribution in [0.5, 0.6) is 0 Å². The van der Waals surface area contributed by atoms with Crippen molar-refractivity contribution in [2.45, 2.75) is 53.2 Å². The molecule has 0 radical (unpaired) electrons. The van der Waals surface area contributed by atoms with E-state index in [4.69, 9.17) is 0 Å². The van der Waals surface area contributed by atoms with E-state index in [1.165, 1.54) is 5.56 Å². The zero-order chi connectivity index (χ0) is 17.9. The van der Waals surface area contributed by atoms with Crippen molar-refractivity contribution in [3.63, 3.8) is 0 Å². The van der Waals surface area contributed by atoms with E-state index in [0.717, 1.165) is 0 Å². The molecule has 0 aliphatic rings. The monoisotopic (exact) mass is 320 g/mol. The van der Waals surface area contributed by atoms with Gasteiger partial charge < -0.3 is 0 Å². The van der Waals surface area contributed by atoms with E-state index in [1.54, 1.807) is 6.08 Å². The zero-order valence-corrected chi connectivity index (χ0v) is 16.7. The molecule has 126 valence electrons.